The van der Waals surface area contributed by atoms with Crippen LogP contribution in [-0.2, 0) is 4.74 Å². The first-order valence-corrected chi connectivity index (χ1v) is 5.56. The van der Waals surface area contributed by atoms with Crippen molar-refractivity contribution < 1.29 is 4.74 Å². The van der Waals surface area contributed by atoms with Crippen LogP contribution < -0.4 is 16.6 Å². The van der Waals surface area contributed by atoms with E-state index in [0.717, 1.165) is 4.47 Å². The van der Waals surface area contributed by atoms with Gasteiger partial charge in [-0.25, -0.2) is 10.8 Å². The van der Waals surface area contributed by atoms with Gasteiger partial charge < -0.3 is 10.1 Å². The van der Waals surface area contributed by atoms with Crippen molar-refractivity contribution in [2.24, 2.45) is 5.84 Å². The number of nitrogens with two attached hydrogens (primary N) is 1. The van der Waals surface area contributed by atoms with E-state index in [0.29, 0.717) is 18.3 Å². The van der Waals surface area contributed by atoms with Crippen LogP contribution in [0.25, 0.3) is 0 Å². The fraction of sp³-hybridized carbons (Fsp3) is 0.556. The summed E-state index contributed by atoms with van der Waals surface area (Å²) in [7, 11) is 1.67. The lowest BCUT2D eigenvalue weighted by Gasteiger charge is -2.23. The number of hydrazine groups is 1. The number of nitrogens with one attached hydrogen (secondary N) is 2. The molecule has 0 atom stereocenters. The van der Waals surface area contributed by atoms with E-state index in [-0.39, 0.29) is 5.60 Å². The predicted molar refractivity (Wildman–Crippen MR) is 67.1 cm³/mol. The number of anilines is 2. The van der Waals surface area contributed by atoms with Gasteiger partial charge >= 0.3 is 0 Å². The number of ether oxygens (including phenoxy) is 1. The molecule has 7 heteroatoms. The molecule has 0 radical (unpaired) electrons. The standard InChI is InChI=1S/C9H16BrN5O/c1-9(2,16-3)5-13-7-6(10)4-12-8(14-7)15-11/h4H,5,11H2,1-3H3,(H2,12,13,14,15). The summed E-state index contributed by atoms with van der Waals surface area (Å²) in [6.45, 7) is 4.59. The first kappa shape index (κ1) is 13.1. The summed E-state index contributed by atoms with van der Waals surface area (Å²) in [5, 5.41) is 3.16. The maximum absolute atomic E-state index is 5.29. The topological polar surface area (TPSA) is 85.1 Å². The molecule has 0 aliphatic rings. The molecule has 0 bridgehead atoms. The summed E-state index contributed by atoms with van der Waals surface area (Å²) in [6.07, 6.45) is 1.63. The molecule has 16 heavy (non-hydrogen) atoms. The molecule has 0 fully saturated rings. The Morgan fingerprint density at radius 1 is 1.56 bits per heavy atom. The second-order valence-electron chi connectivity index (χ2n) is 3.85. The summed E-state index contributed by atoms with van der Waals surface area (Å²) in [6, 6.07) is 0. The fourth-order valence-electron chi connectivity index (χ4n) is 0.929. The van der Waals surface area contributed by atoms with Gasteiger partial charge in [0.05, 0.1) is 10.1 Å². The first-order chi connectivity index (χ1) is 7.48. The van der Waals surface area contributed by atoms with Crippen molar-refractivity contribution in [1.29, 1.82) is 0 Å². The predicted octanol–water partition coefficient (Wildman–Crippen LogP) is 1.36. The summed E-state index contributed by atoms with van der Waals surface area (Å²) < 4.78 is 6.07. The van der Waals surface area contributed by atoms with Gasteiger partial charge in [0.1, 0.15) is 5.82 Å². The van der Waals surface area contributed by atoms with Crippen molar-refractivity contribution >= 4 is 27.7 Å². The second-order valence-corrected chi connectivity index (χ2v) is 4.71. The molecule has 0 saturated carbocycles. The molecule has 90 valence electrons. The lowest BCUT2D eigenvalue weighted by atomic mass is 10.1. The van der Waals surface area contributed by atoms with Gasteiger partial charge in [0.25, 0.3) is 0 Å². The molecule has 0 aliphatic heterocycles. The third-order valence-electron chi connectivity index (χ3n) is 2.11. The van der Waals surface area contributed by atoms with Gasteiger partial charge in [0.2, 0.25) is 5.95 Å². The highest BCUT2D eigenvalue weighted by Gasteiger charge is 2.16. The molecule has 6 nitrogen and oxygen atoms in total. The van der Waals surface area contributed by atoms with E-state index in [1.807, 2.05) is 13.8 Å². The number of halogens is 1. The van der Waals surface area contributed by atoms with E-state index in [2.05, 4.69) is 36.6 Å². The van der Waals surface area contributed by atoms with E-state index >= 15 is 0 Å². The Balaban J connectivity index is 2.73. The Morgan fingerprint density at radius 2 is 2.25 bits per heavy atom. The zero-order valence-electron chi connectivity index (χ0n) is 9.54. The number of hydrogen-bond acceptors (Lipinski definition) is 6. The van der Waals surface area contributed by atoms with Crippen LogP contribution in [0, 0.1) is 0 Å². The molecular formula is C9H16BrN5O. The van der Waals surface area contributed by atoms with Crippen LogP contribution >= 0.6 is 15.9 Å². The van der Waals surface area contributed by atoms with Crippen molar-refractivity contribution in [1.82, 2.24) is 9.97 Å². The van der Waals surface area contributed by atoms with Crippen LogP contribution in [0.4, 0.5) is 11.8 Å². The number of hydrogen-bond donors (Lipinski definition) is 3. The van der Waals surface area contributed by atoms with Gasteiger partial charge in [-0.2, -0.15) is 4.98 Å². The van der Waals surface area contributed by atoms with Crippen LogP contribution in [0.2, 0.25) is 0 Å². The van der Waals surface area contributed by atoms with Gasteiger partial charge in [0, 0.05) is 19.9 Å². The zero-order chi connectivity index (χ0) is 12.2. The van der Waals surface area contributed by atoms with Crippen LogP contribution in [0.15, 0.2) is 10.7 Å². The molecule has 0 unspecified atom stereocenters. The zero-order valence-corrected chi connectivity index (χ0v) is 11.1. The smallest absolute Gasteiger partial charge is 0.239 e. The lowest BCUT2D eigenvalue weighted by Crippen LogP contribution is -2.32. The van der Waals surface area contributed by atoms with Crippen molar-refractivity contribution in [2.75, 3.05) is 24.4 Å². The molecule has 1 rings (SSSR count). The minimum atomic E-state index is -0.263. The highest BCUT2D eigenvalue weighted by molar-refractivity contribution is 9.10. The van der Waals surface area contributed by atoms with Crippen molar-refractivity contribution in [2.45, 2.75) is 19.4 Å². The molecule has 0 saturated heterocycles. The van der Waals surface area contributed by atoms with Gasteiger partial charge in [-0.15, -0.1) is 0 Å². The lowest BCUT2D eigenvalue weighted by molar-refractivity contribution is 0.0343. The number of methoxy groups -OCH3 is 1. The third-order valence-corrected chi connectivity index (χ3v) is 2.69. The van der Waals surface area contributed by atoms with Crippen molar-refractivity contribution in [3.8, 4) is 0 Å². The van der Waals surface area contributed by atoms with Crippen LogP contribution in [-0.4, -0.2) is 29.2 Å². The van der Waals surface area contributed by atoms with Crippen LogP contribution in [0.5, 0.6) is 0 Å². The molecule has 0 spiro atoms. The molecule has 0 aliphatic carbocycles. The maximum atomic E-state index is 5.29. The Hall–Kier alpha value is -0.920. The summed E-state index contributed by atoms with van der Waals surface area (Å²) in [5.41, 5.74) is 2.13. The van der Waals surface area contributed by atoms with Gasteiger partial charge in [0.15, 0.2) is 0 Å². The SMILES string of the molecule is COC(C)(C)CNc1nc(NN)ncc1Br. The van der Waals surface area contributed by atoms with Crippen molar-refractivity contribution in [3.05, 3.63) is 10.7 Å². The highest BCUT2D eigenvalue weighted by Crippen LogP contribution is 2.20. The first-order valence-electron chi connectivity index (χ1n) is 4.76. The summed E-state index contributed by atoms with van der Waals surface area (Å²) >= 11 is 3.35. The minimum absolute atomic E-state index is 0.263. The van der Waals surface area contributed by atoms with E-state index < -0.39 is 0 Å². The Labute approximate surface area is 103 Å². The highest BCUT2D eigenvalue weighted by atomic mass is 79.9. The average molecular weight is 290 g/mol. The Bertz CT molecular complexity index is 358. The molecule has 1 heterocycles. The van der Waals surface area contributed by atoms with Gasteiger partial charge in [-0.05, 0) is 29.8 Å². The second kappa shape index (κ2) is 5.42. The number of nitrogen functional groups attached to an aromatic ring is 1. The minimum Gasteiger partial charge on any atom is -0.377 e. The summed E-state index contributed by atoms with van der Waals surface area (Å²) in [4.78, 5) is 8.12. The van der Waals surface area contributed by atoms with Crippen LogP contribution in [0.3, 0.4) is 0 Å². The fourth-order valence-corrected chi connectivity index (χ4v) is 1.26. The van der Waals surface area contributed by atoms with Gasteiger partial charge in [-0.3, -0.25) is 5.43 Å². The molecule has 0 amide bonds. The van der Waals surface area contributed by atoms with E-state index in [9.17, 15) is 0 Å². The Morgan fingerprint density at radius 3 is 2.81 bits per heavy atom. The average Bonchev–Trinajstić information content (AvgIpc) is 2.28. The van der Waals surface area contributed by atoms with E-state index in [1.54, 1.807) is 13.3 Å². The molecule has 0 aromatic carbocycles. The quantitative estimate of drug-likeness (QED) is 0.561. The number of rotatable bonds is 5. The van der Waals surface area contributed by atoms with Crippen LogP contribution in [0.1, 0.15) is 13.8 Å². The third kappa shape index (κ3) is 3.58. The molecular weight excluding hydrogens is 274 g/mol. The normalized spacial score (nSPS) is 11.3. The van der Waals surface area contributed by atoms with Gasteiger partial charge in [-0.1, -0.05) is 0 Å². The Kier molecular flexibility index (Phi) is 4.45. The number of aromatic nitrogens is 2. The molecule has 1 aromatic rings. The molecule has 4 N–H and O–H groups in total. The summed E-state index contributed by atoms with van der Waals surface area (Å²) in [5.74, 6) is 6.27. The van der Waals surface area contributed by atoms with E-state index in [1.165, 1.54) is 0 Å². The molecule has 1 aromatic heterocycles. The van der Waals surface area contributed by atoms with E-state index in [4.69, 9.17) is 10.6 Å². The maximum Gasteiger partial charge on any atom is 0.239 e. The monoisotopic (exact) mass is 289 g/mol. The largest absolute Gasteiger partial charge is 0.377 e. The number of nitrogens with zero attached hydrogens (tertiary/aromatic N) is 2. The van der Waals surface area contributed by atoms with Crippen molar-refractivity contribution in [3.63, 3.8) is 0 Å².